The number of amides is 1. The molecule has 0 radical (unpaired) electrons. The second-order valence-electron chi connectivity index (χ2n) is 7.45. The Kier molecular flexibility index (Phi) is 6.83. The molecule has 0 unspecified atom stereocenters. The molecule has 0 aliphatic carbocycles. The van der Waals surface area contributed by atoms with Gasteiger partial charge in [0.1, 0.15) is 0 Å². The summed E-state index contributed by atoms with van der Waals surface area (Å²) >= 11 is 0. The molecule has 0 saturated carbocycles. The molecule has 2 N–H and O–H groups in total. The number of aromatic nitrogens is 1. The Morgan fingerprint density at radius 3 is 2.19 bits per heavy atom. The van der Waals surface area contributed by atoms with Crippen LogP contribution in [-0.2, 0) is 26.4 Å². The number of pyridine rings is 1. The summed E-state index contributed by atoms with van der Waals surface area (Å²) in [6.07, 6.45) is 0.815. The van der Waals surface area contributed by atoms with Gasteiger partial charge in [-0.05, 0) is 44.5 Å². The molecule has 13 heteroatoms. The van der Waals surface area contributed by atoms with E-state index in [1.807, 2.05) is 0 Å². The van der Waals surface area contributed by atoms with Gasteiger partial charge >= 0.3 is 5.51 Å². The highest BCUT2D eigenvalue weighted by Crippen LogP contribution is 2.30. The minimum Gasteiger partial charge on any atom is -0.348 e. The quantitative estimate of drug-likeness (QED) is 0.656. The second kappa shape index (κ2) is 8.55. The average Bonchev–Trinajstić information content (AvgIpc) is 2.63. The van der Waals surface area contributed by atoms with Crippen molar-refractivity contribution in [2.24, 2.45) is 0 Å². The molecule has 1 amide bonds. The lowest BCUT2D eigenvalue weighted by Gasteiger charge is -2.21. The van der Waals surface area contributed by atoms with E-state index in [4.69, 9.17) is 0 Å². The van der Waals surface area contributed by atoms with Crippen LogP contribution in [0.15, 0.2) is 52.5 Å². The van der Waals surface area contributed by atoms with E-state index in [9.17, 15) is 34.8 Å². The predicted molar refractivity (Wildman–Crippen MR) is 105 cm³/mol. The Labute approximate surface area is 177 Å². The fraction of sp³-hybridized carbons (Fsp3) is 0.333. The van der Waals surface area contributed by atoms with E-state index in [2.05, 4.69) is 15.0 Å². The zero-order valence-corrected chi connectivity index (χ0v) is 18.3. The number of rotatable bonds is 6. The Bertz CT molecular complexity index is 1190. The second-order valence-corrected chi connectivity index (χ2v) is 11.0. The number of sulfonamides is 1. The summed E-state index contributed by atoms with van der Waals surface area (Å²) in [6, 6.07) is 7.69. The van der Waals surface area contributed by atoms with Crippen LogP contribution in [0.25, 0.3) is 0 Å². The van der Waals surface area contributed by atoms with Gasteiger partial charge < -0.3 is 5.32 Å². The van der Waals surface area contributed by atoms with Crippen LogP contribution in [0.5, 0.6) is 0 Å². The van der Waals surface area contributed by atoms with E-state index in [1.54, 1.807) is 20.8 Å². The Morgan fingerprint density at radius 1 is 1.00 bits per heavy atom. The highest BCUT2D eigenvalue weighted by Gasteiger charge is 2.49. The molecule has 1 aromatic heterocycles. The molecule has 0 saturated heterocycles. The van der Waals surface area contributed by atoms with Crippen molar-refractivity contribution < 1.29 is 34.8 Å². The van der Waals surface area contributed by atoms with Crippen molar-refractivity contribution in [3.8, 4) is 0 Å². The van der Waals surface area contributed by atoms with E-state index in [1.165, 1.54) is 24.3 Å². The van der Waals surface area contributed by atoms with E-state index < -0.39 is 47.4 Å². The van der Waals surface area contributed by atoms with Crippen LogP contribution < -0.4 is 10.0 Å². The number of halogens is 3. The molecule has 0 spiro atoms. The van der Waals surface area contributed by atoms with Gasteiger partial charge in [-0.2, -0.15) is 13.2 Å². The minimum atomic E-state index is -5.86. The monoisotopic (exact) mass is 479 g/mol. The van der Waals surface area contributed by atoms with E-state index in [0.29, 0.717) is 0 Å². The first-order valence-corrected chi connectivity index (χ1v) is 11.7. The summed E-state index contributed by atoms with van der Waals surface area (Å²) in [5, 5.41) is 0.817. The molecule has 2 rings (SSSR count). The summed E-state index contributed by atoms with van der Waals surface area (Å²) in [7, 11) is -9.83. The van der Waals surface area contributed by atoms with Crippen molar-refractivity contribution >= 4 is 25.8 Å². The van der Waals surface area contributed by atoms with Crippen molar-refractivity contribution in [2.45, 2.75) is 48.3 Å². The van der Waals surface area contributed by atoms with Crippen molar-refractivity contribution in [1.82, 2.24) is 15.0 Å². The largest absolute Gasteiger partial charge is 0.503 e. The molecule has 170 valence electrons. The minimum absolute atomic E-state index is 0.139. The molecular weight excluding hydrogens is 459 g/mol. The first-order chi connectivity index (χ1) is 14.1. The average molecular weight is 480 g/mol. The lowest BCUT2D eigenvalue weighted by Crippen LogP contribution is -2.41. The number of hydrogen-bond donors (Lipinski definition) is 2. The maximum absolute atomic E-state index is 12.9. The number of nitrogens with zero attached hydrogens (tertiary/aromatic N) is 1. The van der Waals surface area contributed by atoms with Crippen molar-refractivity contribution in [1.29, 1.82) is 0 Å². The van der Waals surface area contributed by atoms with Crippen LogP contribution in [0.1, 0.15) is 36.7 Å². The van der Waals surface area contributed by atoms with Gasteiger partial charge in [0, 0.05) is 18.3 Å². The maximum Gasteiger partial charge on any atom is 0.503 e. The van der Waals surface area contributed by atoms with Gasteiger partial charge in [-0.15, -0.1) is 0 Å². The molecule has 0 aliphatic heterocycles. The molecule has 8 nitrogen and oxygen atoms in total. The highest BCUT2D eigenvalue weighted by molar-refractivity contribution is 7.92. The topological polar surface area (TPSA) is 122 Å². The fourth-order valence-electron chi connectivity index (χ4n) is 2.53. The van der Waals surface area contributed by atoms with Crippen molar-refractivity contribution in [3.63, 3.8) is 0 Å². The van der Waals surface area contributed by atoms with Gasteiger partial charge in [-0.25, -0.2) is 26.5 Å². The van der Waals surface area contributed by atoms with E-state index in [-0.39, 0.29) is 17.0 Å². The molecule has 31 heavy (non-hydrogen) atoms. The SMILES string of the molecule is CC(C)(C)NS(=O)(=O)c1ccccc1CNC(=O)c1cccnc1S(=O)(=O)C(F)(F)F. The van der Waals surface area contributed by atoms with Gasteiger partial charge in [0.05, 0.1) is 10.5 Å². The van der Waals surface area contributed by atoms with Crippen LogP contribution in [0.3, 0.4) is 0 Å². The maximum atomic E-state index is 12.9. The summed E-state index contributed by atoms with van der Waals surface area (Å²) in [5.41, 5.74) is -7.09. The number of benzene rings is 1. The smallest absolute Gasteiger partial charge is 0.348 e. The first-order valence-electron chi connectivity index (χ1n) is 8.73. The molecular formula is C18H20F3N3O5S2. The van der Waals surface area contributed by atoms with Gasteiger partial charge in [-0.1, -0.05) is 18.2 Å². The molecule has 0 atom stereocenters. The summed E-state index contributed by atoms with van der Waals surface area (Å²) in [6.45, 7) is 4.53. The molecule has 1 heterocycles. The van der Waals surface area contributed by atoms with Crippen molar-refractivity contribution in [3.05, 3.63) is 53.7 Å². The summed E-state index contributed by atoms with van der Waals surface area (Å²) < 4.78 is 89.9. The lowest BCUT2D eigenvalue weighted by atomic mass is 10.1. The molecule has 0 aliphatic rings. The third-order valence-electron chi connectivity index (χ3n) is 3.72. The summed E-state index contributed by atoms with van der Waals surface area (Å²) in [5.74, 6) is -1.16. The molecule has 2 aromatic rings. The number of sulfone groups is 1. The lowest BCUT2D eigenvalue weighted by molar-refractivity contribution is -0.0438. The number of carbonyl (C=O) groups excluding carboxylic acids is 1. The Balaban J connectivity index is 2.35. The molecule has 1 aromatic carbocycles. The van der Waals surface area contributed by atoms with Crippen LogP contribution in [0.2, 0.25) is 0 Å². The number of carbonyl (C=O) groups is 1. The Hall–Kier alpha value is -2.51. The van der Waals surface area contributed by atoms with Crippen LogP contribution in [0.4, 0.5) is 13.2 Å². The molecule has 0 fully saturated rings. The zero-order valence-electron chi connectivity index (χ0n) is 16.7. The van der Waals surface area contributed by atoms with Gasteiger partial charge in [0.25, 0.3) is 15.7 Å². The van der Waals surface area contributed by atoms with Crippen LogP contribution >= 0.6 is 0 Å². The third-order valence-corrected chi connectivity index (χ3v) is 7.02. The summed E-state index contributed by atoms with van der Waals surface area (Å²) in [4.78, 5) is 15.5. The van der Waals surface area contributed by atoms with Crippen molar-refractivity contribution in [2.75, 3.05) is 0 Å². The normalized spacial score (nSPS) is 13.1. The van der Waals surface area contributed by atoms with Crippen LogP contribution in [-0.4, -0.2) is 38.8 Å². The highest BCUT2D eigenvalue weighted by atomic mass is 32.2. The van der Waals surface area contributed by atoms with Gasteiger partial charge in [0.2, 0.25) is 10.0 Å². The standard InChI is InChI=1S/C18H20F3N3O5S2/c1-17(2,3)24-31(28,29)14-9-5-4-7-12(14)11-23-15(25)13-8-6-10-22-16(13)30(26,27)18(19,20)21/h4-10,24H,11H2,1-3H3,(H,23,25). The number of alkyl halides is 3. The number of hydrogen-bond acceptors (Lipinski definition) is 6. The first kappa shape index (κ1) is 24.8. The fourth-order valence-corrected chi connectivity index (χ4v) is 5.06. The van der Waals surface area contributed by atoms with Gasteiger partial charge in [0.15, 0.2) is 5.03 Å². The van der Waals surface area contributed by atoms with Gasteiger partial charge in [-0.3, -0.25) is 4.79 Å². The Morgan fingerprint density at radius 2 is 1.61 bits per heavy atom. The molecule has 0 bridgehead atoms. The van der Waals surface area contributed by atoms with Crippen LogP contribution in [0, 0.1) is 0 Å². The number of nitrogens with one attached hydrogen (secondary N) is 2. The predicted octanol–water partition coefficient (Wildman–Crippen LogP) is 2.38. The zero-order chi connectivity index (χ0) is 23.7. The van der Waals surface area contributed by atoms with E-state index in [0.717, 1.165) is 18.3 Å². The third kappa shape index (κ3) is 5.80. The van der Waals surface area contributed by atoms with E-state index >= 15 is 0 Å².